The molecule has 0 fully saturated rings. The van der Waals surface area contributed by atoms with Crippen molar-refractivity contribution in [3.8, 4) is 34.7 Å². The molecular formula is C71H57Br3ClF9LiN15O9. The molecule has 6 aromatic heterocycles. The molecule has 24 nitrogen and oxygen atoms in total. The molecule has 0 unspecified atom stereocenters. The summed E-state index contributed by atoms with van der Waals surface area (Å²) in [5.74, 6) is -4.35. The van der Waals surface area contributed by atoms with E-state index in [0.29, 0.717) is 41.8 Å². The first-order valence-electron chi connectivity index (χ1n) is 30.3. The van der Waals surface area contributed by atoms with Crippen LogP contribution < -0.4 is 49.6 Å². The van der Waals surface area contributed by atoms with Crippen molar-refractivity contribution in [2.45, 2.75) is 39.8 Å². The van der Waals surface area contributed by atoms with E-state index in [-0.39, 0.29) is 117 Å². The number of rotatable bonds is 11. The average Bonchev–Trinajstić information content (AvgIpc) is 1.63. The van der Waals surface area contributed by atoms with E-state index < -0.39 is 59.0 Å². The molecule has 38 heteroatoms. The Morgan fingerprint density at radius 1 is 0.532 bits per heavy atom. The zero-order valence-electron chi connectivity index (χ0n) is 56.7. The van der Waals surface area contributed by atoms with Crippen molar-refractivity contribution in [3.63, 3.8) is 0 Å². The minimum Gasteiger partial charge on any atom is -0.870 e. The number of aryl methyl sites for hydroxylation is 1. The summed E-state index contributed by atoms with van der Waals surface area (Å²) in [4.78, 5) is 84.8. The predicted octanol–water partition coefficient (Wildman–Crippen LogP) is 13.3. The Morgan fingerprint density at radius 2 is 0.908 bits per heavy atom. The molecule has 109 heavy (non-hydrogen) atoms. The molecule has 562 valence electrons. The fourth-order valence-corrected chi connectivity index (χ4v) is 11.3. The van der Waals surface area contributed by atoms with Crippen molar-refractivity contribution in [2.24, 2.45) is 4.99 Å². The third-order valence-electron chi connectivity index (χ3n) is 14.5. The van der Waals surface area contributed by atoms with Crippen LogP contribution in [0.4, 0.5) is 51.1 Å². The van der Waals surface area contributed by atoms with Gasteiger partial charge in [0.25, 0.3) is 23.0 Å². The fraction of sp³-hybridized carbons (Fsp3) is 0.141. The third-order valence-corrected chi connectivity index (χ3v) is 16.8. The number of methoxy groups -OCH3 is 3. The van der Waals surface area contributed by atoms with Crippen LogP contribution in [0.3, 0.4) is 0 Å². The van der Waals surface area contributed by atoms with Crippen LogP contribution in [-0.2, 0) is 18.5 Å². The Hall–Kier alpha value is -10.7. The van der Waals surface area contributed by atoms with E-state index in [4.69, 9.17) is 36.7 Å². The first-order chi connectivity index (χ1) is 50.4. The number of aromatic nitrogens is 12. The molecule has 0 aliphatic rings. The second-order valence-corrected chi connectivity index (χ2v) is 24.3. The largest absolute Gasteiger partial charge is 1.00 e. The topological polar surface area (TPSA) is 319 Å². The number of benzene rings is 7. The normalized spacial score (nSPS) is 11.1. The number of fused-ring (bicyclic) bond motifs is 3. The minimum atomic E-state index is -4.86. The van der Waals surface area contributed by atoms with Crippen molar-refractivity contribution in [1.82, 2.24) is 58.1 Å². The van der Waals surface area contributed by atoms with E-state index in [1.165, 1.54) is 88.3 Å². The van der Waals surface area contributed by atoms with Crippen LogP contribution in [0.15, 0.2) is 207 Å². The van der Waals surface area contributed by atoms with Gasteiger partial charge < -0.3 is 35.8 Å². The number of anilines is 2. The van der Waals surface area contributed by atoms with Gasteiger partial charge in [-0.25, -0.2) is 39.9 Å². The van der Waals surface area contributed by atoms with E-state index in [1.54, 1.807) is 91.9 Å². The Bertz CT molecular complexity index is 5480. The van der Waals surface area contributed by atoms with Gasteiger partial charge in [-0.1, -0.05) is 62.0 Å². The second-order valence-electron chi connectivity index (χ2n) is 21.4. The van der Waals surface area contributed by atoms with E-state index >= 15 is 0 Å². The average molecular weight is 1720 g/mol. The molecule has 5 N–H and O–H groups in total. The zero-order valence-corrected chi connectivity index (χ0v) is 62.2. The van der Waals surface area contributed by atoms with Gasteiger partial charge in [0.05, 0.1) is 108 Å². The van der Waals surface area contributed by atoms with Gasteiger partial charge in [0, 0.05) is 43.8 Å². The third kappa shape index (κ3) is 21.0. The first-order valence-corrected chi connectivity index (χ1v) is 33.1. The molecule has 0 saturated heterocycles. The van der Waals surface area contributed by atoms with Crippen molar-refractivity contribution < 1.29 is 102 Å². The summed E-state index contributed by atoms with van der Waals surface area (Å²) in [6, 6.07) is 40.2. The standard InChI is InChI=1S/C27H16Br2F3N5O3.C20H13BrF3N5O2.C13H10F3N5O.C8H7ClO.C2H6O.CH4.Li.H2O/c1-40-15-10-11-21-20(12-15)34-26(27(30,31)32)37(21)23-14-36(25(39)17-7-3-5-9-19(17)29)22(13-33-23)35-24(38)16-6-2-4-8-18(16)28;1-31-11-6-7-15-14(8-11)27-19(20(22,23)24)29(15)17-10-25-16(9-26-17)28-18(30)12-4-2-3-5-13(12)21;1-22-7-2-3-9-8(4-7)20-12(13(14,15)16)21(9)11-6-18-10(17)5-19-11;1-6-4-2-3-5-7(6)8(9)10;1-2-3;;;/h2-14H,1H3;2-10H,1H3,(H,25,28,30);2-6H,1H3,(H2,17,18);2-5H,1H3;3H,2H2,1H3;1H4;;1H2/q;;;;;;+1;/p-1. The van der Waals surface area contributed by atoms with Crippen molar-refractivity contribution >= 4 is 127 Å². The Morgan fingerprint density at radius 3 is 1.28 bits per heavy atom. The number of nitrogens with one attached hydrogen (secondary N) is 1. The number of nitrogens with zero attached hydrogens (tertiary/aromatic N) is 13. The number of imidazole rings is 3. The van der Waals surface area contributed by atoms with Gasteiger partial charge in [-0.05, 0) is 158 Å². The van der Waals surface area contributed by atoms with Gasteiger partial charge in [0.1, 0.15) is 23.1 Å². The summed E-state index contributed by atoms with van der Waals surface area (Å²) in [5, 5.41) is 9.74. The van der Waals surface area contributed by atoms with Gasteiger partial charge in [0.2, 0.25) is 17.5 Å². The number of aliphatic hydroxyl groups excluding tert-OH is 1. The van der Waals surface area contributed by atoms with E-state index in [9.17, 15) is 58.7 Å². The number of hydrogen-bond acceptors (Lipinski definition) is 18. The molecule has 0 aliphatic heterocycles. The number of nitrogen functional groups attached to an aromatic ring is 1. The second kappa shape index (κ2) is 37.9. The maximum Gasteiger partial charge on any atom is 1.00 e. The Labute approximate surface area is 654 Å². The number of halogens is 13. The maximum absolute atomic E-state index is 14.1. The molecule has 0 radical (unpaired) electrons. The van der Waals surface area contributed by atoms with Gasteiger partial charge >= 0.3 is 37.4 Å². The van der Waals surface area contributed by atoms with Crippen LogP contribution in [0.1, 0.15) is 78.8 Å². The first kappa shape index (κ1) is 87.2. The summed E-state index contributed by atoms with van der Waals surface area (Å²) in [7, 11) is 4.22. The number of ether oxygens (including phenoxy) is 3. The molecular weight excluding hydrogens is 1660 g/mol. The van der Waals surface area contributed by atoms with Crippen LogP contribution in [0.5, 0.6) is 17.2 Å². The zero-order chi connectivity index (χ0) is 76.9. The number of aliphatic hydroxyl groups is 1. The van der Waals surface area contributed by atoms with Crippen LogP contribution >= 0.6 is 59.4 Å². The van der Waals surface area contributed by atoms with Crippen LogP contribution in [0.2, 0.25) is 0 Å². The predicted molar refractivity (Wildman–Crippen MR) is 392 cm³/mol. The number of alkyl halides is 9. The quantitative estimate of drug-likeness (QED) is 0.0615. The summed E-state index contributed by atoms with van der Waals surface area (Å²) in [6.45, 7) is 3.79. The molecule has 0 saturated carbocycles. The smallest absolute Gasteiger partial charge is 0.870 e. The number of carbonyl (C=O) groups is 4. The Kier molecular flexibility index (Phi) is 30.3. The van der Waals surface area contributed by atoms with Crippen molar-refractivity contribution in [2.75, 3.05) is 39.0 Å². The molecule has 7 aromatic carbocycles. The number of nitrogens with two attached hydrogens (primary N) is 1. The molecule has 0 spiro atoms. The molecule has 13 aromatic rings. The van der Waals surface area contributed by atoms with Gasteiger partial charge in [-0.3, -0.25) is 37.4 Å². The maximum atomic E-state index is 14.1. The van der Waals surface area contributed by atoms with E-state index in [0.717, 1.165) is 48.6 Å². The van der Waals surface area contributed by atoms with Crippen LogP contribution in [0, 0.1) is 6.92 Å². The van der Waals surface area contributed by atoms with Gasteiger partial charge in [-0.15, -0.1) is 0 Å². The molecule has 0 atom stereocenters. The van der Waals surface area contributed by atoms with Crippen molar-refractivity contribution in [3.05, 3.63) is 253 Å². The number of hydrogen-bond donors (Lipinski definition) is 3. The molecule has 0 bridgehead atoms. The van der Waals surface area contributed by atoms with E-state index in [2.05, 4.69) is 98.0 Å². The van der Waals surface area contributed by atoms with Gasteiger partial charge in [-0.2, -0.15) is 44.5 Å². The molecule has 2 amide bonds. The summed E-state index contributed by atoms with van der Waals surface area (Å²) >= 11 is 15.2. The Balaban J connectivity index is 0.000000239. The van der Waals surface area contributed by atoms with E-state index in [1.807, 2.05) is 19.1 Å². The molecule has 0 aliphatic carbocycles. The monoisotopic (exact) mass is 1710 g/mol. The van der Waals surface area contributed by atoms with Crippen LogP contribution in [-0.4, -0.2) is 120 Å². The molecule has 13 rings (SSSR count). The summed E-state index contributed by atoms with van der Waals surface area (Å²) in [6.07, 6.45) is -7.40. The summed E-state index contributed by atoms with van der Waals surface area (Å²) < 4.78 is 143. The van der Waals surface area contributed by atoms with Crippen molar-refractivity contribution in [1.29, 1.82) is 0 Å². The fourth-order valence-electron chi connectivity index (χ4n) is 9.72. The minimum absolute atomic E-state index is 0. The number of amides is 2. The van der Waals surface area contributed by atoms with Gasteiger partial charge in [0.15, 0.2) is 28.8 Å². The molecule has 6 heterocycles. The van der Waals surface area contributed by atoms with Crippen LogP contribution in [0.25, 0.3) is 50.6 Å². The number of carbonyl (C=O) groups excluding carboxylic acids is 4. The SMILES string of the molecule is C.CCO.COc1ccc2c(c1)nc(C(F)(F)F)n2-c1cn(C(=O)c2ccccc2Br)c(=NC(=O)c2ccccc2Br)cn1.COc1ccc2c(c1)nc(C(F)(F)F)n2-c1cnc(N)cn1.COc1ccc2c(c1)nc(C(F)(F)F)n2-c1cnc(NC(=O)c2ccccc2Br)cn1.Cc1ccccc1C(=O)Cl.[Li+].[OH-]. The summed E-state index contributed by atoms with van der Waals surface area (Å²) in [5.41, 5.74) is 8.28.